The number of carbonyl (C=O) groups excluding carboxylic acids is 2. The van der Waals surface area contributed by atoms with Crippen LogP contribution >= 0.6 is 11.6 Å². The quantitative estimate of drug-likeness (QED) is 0.456. The number of carbonyl (C=O) groups is 2. The van der Waals surface area contributed by atoms with Crippen LogP contribution in [0.2, 0.25) is 0 Å². The number of hydrogen-bond acceptors (Lipinski definition) is 3. The second kappa shape index (κ2) is 9.82. The summed E-state index contributed by atoms with van der Waals surface area (Å²) in [5.41, 5.74) is -0.0144. The van der Waals surface area contributed by atoms with E-state index in [1.54, 1.807) is 36.1 Å². The highest BCUT2D eigenvalue weighted by Gasteiger charge is 2.33. The van der Waals surface area contributed by atoms with E-state index >= 15 is 0 Å². The standard InChI is InChI=1S/C23H24ClF3N4O2/c1-14(2)6-7-31(21(32)12-24)19-10-15(8-17(11-19)23(25,26)27)22(33)29-18-4-5-20-16(9-18)13-28-30(20)3/h4-5,8-11,13-14H,6-7,12H2,1-3H3,(H,29,33). The largest absolute Gasteiger partial charge is 0.416 e. The summed E-state index contributed by atoms with van der Waals surface area (Å²) in [4.78, 5) is 26.5. The van der Waals surface area contributed by atoms with Crippen molar-refractivity contribution < 1.29 is 22.8 Å². The lowest BCUT2D eigenvalue weighted by Crippen LogP contribution is -2.34. The summed E-state index contributed by atoms with van der Waals surface area (Å²) in [7, 11) is 1.78. The summed E-state index contributed by atoms with van der Waals surface area (Å²) in [5.74, 6) is -1.44. The molecule has 6 nitrogen and oxygen atoms in total. The number of nitrogens with one attached hydrogen (secondary N) is 1. The molecule has 176 valence electrons. The van der Waals surface area contributed by atoms with Gasteiger partial charge in [-0.1, -0.05) is 13.8 Å². The minimum atomic E-state index is -4.70. The molecule has 1 heterocycles. The van der Waals surface area contributed by atoms with Crippen molar-refractivity contribution in [2.75, 3.05) is 22.6 Å². The summed E-state index contributed by atoms with van der Waals surface area (Å²) in [6.07, 6.45) is -2.52. The van der Waals surface area contributed by atoms with Gasteiger partial charge in [-0.25, -0.2) is 0 Å². The van der Waals surface area contributed by atoms with Crippen molar-refractivity contribution in [1.29, 1.82) is 0 Å². The summed E-state index contributed by atoms with van der Waals surface area (Å²) in [6.45, 7) is 4.06. The molecular formula is C23H24ClF3N4O2. The number of benzene rings is 2. The Kier molecular flexibility index (Phi) is 7.31. The zero-order chi connectivity index (χ0) is 24.3. The van der Waals surface area contributed by atoms with E-state index in [1.165, 1.54) is 11.0 Å². The smallest absolute Gasteiger partial charge is 0.322 e. The number of hydrogen-bond donors (Lipinski definition) is 1. The highest BCUT2D eigenvalue weighted by molar-refractivity contribution is 6.29. The van der Waals surface area contributed by atoms with Crippen molar-refractivity contribution >= 4 is 45.7 Å². The Labute approximate surface area is 194 Å². The topological polar surface area (TPSA) is 67.2 Å². The molecule has 2 aromatic carbocycles. The van der Waals surface area contributed by atoms with E-state index in [9.17, 15) is 22.8 Å². The summed E-state index contributed by atoms with van der Waals surface area (Å²) >= 11 is 5.70. The number of rotatable bonds is 7. The van der Waals surface area contributed by atoms with Crippen LogP contribution in [-0.4, -0.2) is 34.0 Å². The third-order valence-electron chi connectivity index (χ3n) is 5.17. The number of alkyl halides is 4. The van der Waals surface area contributed by atoms with Crippen molar-refractivity contribution in [3.63, 3.8) is 0 Å². The summed E-state index contributed by atoms with van der Waals surface area (Å²) in [5, 5.41) is 7.52. The Morgan fingerprint density at radius 2 is 1.91 bits per heavy atom. The van der Waals surface area contributed by atoms with Crippen LogP contribution in [0.25, 0.3) is 10.9 Å². The molecule has 0 spiro atoms. The van der Waals surface area contributed by atoms with Gasteiger partial charge < -0.3 is 10.2 Å². The van der Waals surface area contributed by atoms with Gasteiger partial charge in [0.05, 0.1) is 17.3 Å². The minimum absolute atomic E-state index is 0.0241. The van der Waals surface area contributed by atoms with Crippen molar-refractivity contribution in [1.82, 2.24) is 9.78 Å². The zero-order valence-electron chi connectivity index (χ0n) is 18.4. The number of amides is 2. The van der Waals surface area contributed by atoms with Crippen LogP contribution < -0.4 is 10.2 Å². The molecule has 33 heavy (non-hydrogen) atoms. The minimum Gasteiger partial charge on any atom is -0.322 e. The van der Waals surface area contributed by atoms with Crippen molar-refractivity contribution in [3.8, 4) is 0 Å². The molecule has 0 aliphatic heterocycles. The summed E-state index contributed by atoms with van der Waals surface area (Å²) < 4.78 is 42.5. The average Bonchev–Trinajstić information content (AvgIpc) is 3.12. The molecule has 3 aromatic rings. The van der Waals surface area contributed by atoms with Crippen LogP contribution in [0.5, 0.6) is 0 Å². The van der Waals surface area contributed by atoms with E-state index in [2.05, 4.69) is 10.4 Å². The monoisotopic (exact) mass is 480 g/mol. The van der Waals surface area contributed by atoms with Gasteiger partial charge in [-0.2, -0.15) is 18.3 Å². The van der Waals surface area contributed by atoms with Gasteiger partial charge in [0.1, 0.15) is 5.88 Å². The summed E-state index contributed by atoms with van der Waals surface area (Å²) in [6, 6.07) is 7.99. The number of anilines is 2. The fourth-order valence-electron chi connectivity index (χ4n) is 3.36. The number of aromatic nitrogens is 2. The van der Waals surface area contributed by atoms with Crippen molar-refractivity contribution in [3.05, 3.63) is 53.7 Å². The van der Waals surface area contributed by atoms with E-state index < -0.39 is 23.6 Å². The van der Waals surface area contributed by atoms with Gasteiger partial charge in [0.15, 0.2) is 0 Å². The number of fused-ring (bicyclic) bond motifs is 1. The molecule has 0 fully saturated rings. The highest BCUT2D eigenvalue weighted by atomic mass is 35.5. The highest BCUT2D eigenvalue weighted by Crippen LogP contribution is 2.34. The molecular weight excluding hydrogens is 457 g/mol. The fraction of sp³-hybridized carbons (Fsp3) is 0.348. The number of aryl methyl sites for hydroxylation is 1. The molecule has 0 aliphatic carbocycles. The SMILES string of the molecule is CC(C)CCN(C(=O)CCl)c1cc(C(=O)Nc2ccc3c(cnn3C)c2)cc(C(F)(F)F)c1. The maximum Gasteiger partial charge on any atom is 0.416 e. The third-order valence-corrected chi connectivity index (χ3v) is 5.40. The lowest BCUT2D eigenvalue weighted by molar-refractivity contribution is -0.137. The molecule has 1 aromatic heterocycles. The van der Waals surface area contributed by atoms with Crippen LogP contribution in [0.4, 0.5) is 24.5 Å². The first-order valence-electron chi connectivity index (χ1n) is 10.3. The van der Waals surface area contributed by atoms with Crippen molar-refractivity contribution in [2.45, 2.75) is 26.4 Å². The second-order valence-corrected chi connectivity index (χ2v) is 8.39. The van der Waals surface area contributed by atoms with Gasteiger partial charge >= 0.3 is 6.18 Å². The number of nitrogens with zero attached hydrogens (tertiary/aromatic N) is 3. The van der Waals surface area contributed by atoms with Crippen LogP contribution in [0.3, 0.4) is 0 Å². The first-order chi connectivity index (χ1) is 15.5. The molecule has 3 rings (SSSR count). The van der Waals surface area contributed by atoms with E-state index in [0.717, 1.165) is 23.0 Å². The molecule has 0 aliphatic rings. The normalized spacial score (nSPS) is 11.8. The van der Waals surface area contributed by atoms with Gasteiger partial charge in [-0.05, 0) is 48.7 Å². The van der Waals surface area contributed by atoms with E-state index in [1.807, 2.05) is 13.8 Å². The average molecular weight is 481 g/mol. The van der Waals surface area contributed by atoms with Gasteiger partial charge in [0.2, 0.25) is 5.91 Å². The Bertz CT molecular complexity index is 1170. The first-order valence-corrected chi connectivity index (χ1v) is 10.8. The lowest BCUT2D eigenvalue weighted by Gasteiger charge is -2.24. The van der Waals surface area contributed by atoms with Crippen LogP contribution in [0, 0.1) is 5.92 Å². The zero-order valence-corrected chi connectivity index (χ0v) is 19.2. The molecule has 1 N–H and O–H groups in total. The van der Waals surface area contributed by atoms with Gasteiger partial charge in [0.25, 0.3) is 5.91 Å². The Morgan fingerprint density at radius 3 is 2.55 bits per heavy atom. The van der Waals surface area contributed by atoms with Crippen molar-refractivity contribution in [2.24, 2.45) is 13.0 Å². The predicted molar refractivity (Wildman–Crippen MR) is 123 cm³/mol. The Hall–Kier alpha value is -3.07. The van der Waals surface area contributed by atoms with E-state index in [0.29, 0.717) is 12.1 Å². The lowest BCUT2D eigenvalue weighted by atomic mass is 10.1. The molecule has 0 radical (unpaired) electrons. The molecule has 0 atom stereocenters. The maximum absolute atomic E-state index is 13.6. The fourth-order valence-corrected chi connectivity index (χ4v) is 3.51. The Balaban J connectivity index is 1.98. The molecule has 0 bridgehead atoms. The van der Waals surface area contributed by atoms with Gasteiger partial charge in [-0.15, -0.1) is 11.6 Å². The van der Waals surface area contributed by atoms with Crippen LogP contribution in [0.1, 0.15) is 36.2 Å². The molecule has 0 saturated heterocycles. The third kappa shape index (κ3) is 5.84. The molecule has 0 unspecified atom stereocenters. The Morgan fingerprint density at radius 1 is 1.18 bits per heavy atom. The molecule has 10 heteroatoms. The predicted octanol–water partition coefficient (Wildman–Crippen LogP) is 5.46. The van der Waals surface area contributed by atoms with Crippen LogP contribution in [0.15, 0.2) is 42.6 Å². The van der Waals surface area contributed by atoms with Crippen LogP contribution in [-0.2, 0) is 18.0 Å². The second-order valence-electron chi connectivity index (χ2n) is 8.12. The maximum atomic E-state index is 13.6. The van der Waals surface area contributed by atoms with E-state index in [4.69, 9.17) is 11.6 Å². The van der Waals surface area contributed by atoms with Gasteiger partial charge in [0, 0.05) is 35.9 Å². The molecule has 0 saturated carbocycles. The first kappa shape index (κ1) is 24.6. The van der Waals surface area contributed by atoms with Gasteiger partial charge in [-0.3, -0.25) is 14.3 Å². The van der Waals surface area contributed by atoms with E-state index in [-0.39, 0.29) is 29.6 Å². The number of halogens is 4. The molecule has 2 amide bonds.